The third-order valence-electron chi connectivity index (χ3n) is 1.91. The average molecular weight is 132 g/mol. The number of hydrogen-bond donors (Lipinski definition) is 0. The standard InChI is InChI=1S/C7H12Cl/c8-6-2-5-7-3-1-4-7/h6-7H,1-5H2. The van der Waals surface area contributed by atoms with Crippen LogP contribution in [0.25, 0.3) is 0 Å². The Morgan fingerprint density at radius 3 is 2.62 bits per heavy atom. The fraction of sp³-hybridized carbons (Fsp3) is 0.857. The van der Waals surface area contributed by atoms with Crippen LogP contribution in [0.5, 0.6) is 0 Å². The highest BCUT2D eigenvalue weighted by atomic mass is 35.5. The van der Waals surface area contributed by atoms with Gasteiger partial charge in [0.2, 0.25) is 0 Å². The van der Waals surface area contributed by atoms with Crippen molar-refractivity contribution in [2.75, 3.05) is 0 Å². The molecule has 0 aromatic heterocycles. The van der Waals surface area contributed by atoms with Gasteiger partial charge in [-0.3, -0.25) is 0 Å². The van der Waals surface area contributed by atoms with Gasteiger partial charge >= 0.3 is 0 Å². The summed E-state index contributed by atoms with van der Waals surface area (Å²) < 4.78 is 0. The molecule has 0 atom stereocenters. The van der Waals surface area contributed by atoms with Crippen molar-refractivity contribution in [1.82, 2.24) is 0 Å². The van der Waals surface area contributed by atoms with Crippen LogP contribution < -0.4 is 0 Å². The molecular formula is C7H12Cl. The summed E-state index contributed by atoms with van der Waals surface area (Å²) in [7, 11) is 0. The van der Waals surface area contributed by atoms with Gasteiger partial charge in [-0.15, -0.1) is 11.6 Å². The van der Waals surface area contributed by atoms with E-state index in [1.165, 1.54) is 25.7 Å². The molecule has 1 aliphatic rings. The third-order valence-corrected chi connectivity index (χ3v) is 2.13. The molecule has 0 aromatic rings. The van der Waals surface area contributed by atoms with Gasteiger partial charge in [0.15, 0.2) is 0 Å². The lowest BCUT2D eigenvalue weighted by Crippen LogP contribution is -2.09. The van der Waals surface area contributed by atoms with E-state index in [1.807, 2.05) is 0 Å². The van der Waals surface area contributed by atoms with E-state index in [0.717, 1.165) is 12.3 Å². The molecule has 0 saturated heterocycles. The molecule has 0 nitrogen and oxygen atoms in total. The first kappa shape index (κ1) is 6.41. The molecule has 47 valence electrons. The predicted molar refractivity (Wildman–Crippen MR) is 36.7 cm³/mol. The van der Waals surface area contributed by atoms with Crippen molar-refractivity contribution >= 4 is 11.6 Å². The van der Waals surface area contributed by atoms with Gasteiger partial charge in [-0.1, -0.05) is 19.3 Å². The number of hydrogen-bond acceptors (Lipinski definition) is 0. The van der Waals surface area contributed by atoms with Gasteiger partial charge in [-0.2, -0.15) is 0 Å². The summed E-state index contributed by atoms with van der Waals surface area (Å²) >= 11 is 5.40. The molecule has 1 radical (unpaired) electrons. The Balaban J connectivity index is 1.86. The summed E-state index contributed by atoms with van der Waals surface area (Å²) in [6, 6.07) is 0. The summed E-state index contributed by atoms with van der Waals surface area (Å²) in [5.41, 5.74) is 0. The lowest BCUT2D eigenvalue weighted by molar-refractivity contribution is 0.297. The Bertz CT molecular complexity index is 57.4. The van der Waals surface area contributed by atoms with Crippen molar-refractivity contribution in [2.24, 2.45) is 5.92 Å². The molecular weight excluding hydrogens is 120 g/mol. The smallest absolute Gasteiger partial charge is 0.0499 e. The molecule has 1 rings (SSSR count). The van der Waals surface area contributed by atoms with Crippen LogP contribution in [0.4, 0.5) is 0 Å². The molecule has 0 unspecified atom stereocenters. The highest BCUT2D eigenvalue weighted by molar-refractivity contribution is 6.23. The van der Waals surface area contributed by atoms with Gasteiger partial charge in [-0.05, 0) is 18.8 Å². The van der Waals surface area contributed by atoms with Gasteiger partial charge in [0.25, 0.3) is 0 Å². The second-order valence-corrected chi connectivity index (χ2v) is 2.84. The van der Waals surface area contributed by atoms with Gasteiger partial charge in [0.05, 0.1) is 0 Å². The summed E-state index contributed by atoms with van der Waals surface area (Å²) in [6.45, 7) is 0. The highest BCUT2D eigenvalue weighted by Crippen LogP contribution is 2.30. The second kappa shape index (κ2) is 3.34. The summed E-state index contributed by atoms with van der Waals surface area (Å²) in [6.07, 6.45) is 6.78. The van der Waals surface area contributed by atoms with E-state index in [4.69, 9.17) is 11.6 Å². The maximum Gasteiger partial charge on any atom is 0.0499 e. The Kier molecular flexibility index (Phi) is 2.68. The second-order valence-electron chi connectivity index (χ2n) is 2.53. The minimum Gasteiger partial charge on any atom is -0.121 e. The highest BCUT2D eigenvalue weighted by Gasteiger charge is 2.15. The maximum atomic E-state index is 5.40. The average Bonchev–Trinajstić information content (AvgIpc) is 1.63. The van der Waals surface area contributed by atoms with Gasteiger partial charge in [0.1, 0.15) is 0 Å². The zero-order valence-electron chi connectivity index (χ0n) is 5.07. The molecule has 1 heteroatoms. The Labute approximate surface area is 56.2 Å². The van der Waals surface area contributed by atoms with E-state index in [9.17, 15) is 0 Å². The first-order chi connectivity index (χ1) is 3.93. The molecule has 0 spiro atoms. The van der Waals surface area contributed by atoms with Crippen LogP contribution in [-0.4, -0.2) is 0 Å². The number of halogens is 1. The van der Waals surface area contributed by atoms with Crippen LogP contribution in [0.15, 0.2) is 0 Å². The van der Waals surface area contributed by atoms with Crippen molar-refractivity contribution in [3.05, 3.63) is 5.88 Å². The normalized spacial score (nSPS) is 20.6. The topological polar surface area (TPSA) is 0 Å². The third kappa shape index (κ3) is 1.66. The Morgan fingerprint density at radius 1 is 1.50 bits per heavy atom. The summed E-state index contributed by atoms with van der Waals surface area (Å²) in [4.78, 5) is 0. The predicted octanol–water partition coefficient (Wildman–Crippen LogP) is 2.97. The minimum absolute atomic E-state index is 1.02. The molecule has 0 N–H and O–H groups in total. The van der Waals surface area contributed by atoms with Crippen LogP contribution in [0.1, 0.15) is 32.1 Å². The molecule has 0 aromatic carbocycles. The zero-order chi connectivity index (χ0) is 5.82. The molecule has 0 aliphatic heterocycles. The van der Waals surface area contributed by atoms with Gasteiger partial charge in [0, 0.05) is 5.88 Å². The van der Waals surface area contributed by atoms with E-state index in [1.54, 1.807) is 5.88 Å². The molecule has 0 amide bonds. The molecule has 0 heterocycles. The lowest BCUT2D eigenvalue weighted by Gasteiger charge is -2.24. The minimum atomic E-state index is 1.02. The first-order valence-corrected chi connectivity index (χ1v) is 3.79. The lowest BCUT2D eigenvalue weighted by atomic mass is 9.82. The van der Waals surface area contributed by atoms with Gasteiger partial charge in [-0.25, -0.2) is 0 Å². The van der Waals surface area contributed by atoms with E-state index in [0.29, 0.717) is 0 Å². The van der Waals surface area contributed by atoms with Crippen molar-refractivity contribution in [2.45, 2.75) is 32.1 Å². The van der Waals surface area contributed by atoms with Crippen molar-refractivity contribution in [3.8, 4) is 0 Å². The van der Waals surface area contributed by atoms with Crippen LogP contribution in [0.3, 0.4) is 0 Å². The molecule has 1 fully saturated rings. The largest absolute Gasteiger partial charge is 0.121 e. The maximum absolute atomic E-state index is 5.40. The van der Waals surface area contributed by atoms with Gasteiger partial charge < -0.3 is 0 Å². The number of rotatable bonds is 3. The fourth-order valence-corrected chi connectivity index (χ4v) is 1.21. The van der Waals surface area contributed by atoms with E-state index < -0.39 is 0 Å². The van der Waals surface area contributed by atoms with E-state index in [2.05, 4.69) is 0 Å². The van der Waals surface area contributed by atoms with Crippen LogP contribution in [-0.2, 0) is 0 Å². The molecule has 1 saturated carbocycles. The van der Waals surface area contributed by atoms with E-state index >= 15 is 0 Å². The SMILES string of the molecule is Cl[CH]CCC1CCC1. The fourth-order valence-electron chi connectivity index (χ4n) is 1.08. The van der Waals surface area contributed by atoms with E-state index in [-0.39, 0.29) is 0 Å². The summed E-state index contributed by atoms with van der Waals surface area (Å²) in [5.74, 6) is 2.77. The quantitative estimate of drug-likeness (QED) is 0.553. The Morgan fingerprint density at radius 2 is 2.25 bits per heavy atom. The first-order valence-electron chi connectivity index (χ1n) is 3.35. The molecule has 0 bridgehead atoms. The van der Waals surface area contributed by atoms with Crippen LogP contribution in [0, 0.1) is 11.8 Å². The van der Waals surface area contributed by atoms with Crippen molar-refractivity contribution in [3.63, 3.8) is 0 Å². The Hall–Kier alpha value is 0.290. The summed E-state index contributed by atoms with van der Waals surface area (Å²) in [5, 5.41) is 0. The van der Waals surface area contributed by atoms with Crippen molar-refractivity contribution < 1.29 is 0 Å². The van der Waals surface area contributed by atoms with Crippen LogP contribution in [0.2, 0.25) is 0 Å². The molecule has 1 aliphatic carbocycles. The monoisotopic (exact) mass is 131 g/mol. The van der Waals surface area contributed by atoms with Crippen molar-refractivity contribution in [1.29, 1.82) is 0 Å². The van der Waals surface area contributed by atoms with Crippen LogP contribution >= 0.6 is 11.6 Å². The molecule has 8 heavy (non-hydrogen) atoms. The zero-order valence-corrected chi connectivity index (χ0v) is 5.82.